The van der Waals surface area contributed by atoms with Gasteiger partial charge in [0.2, 0.25) is 6.10 Å². The van der Waals surface area contributed by atoms with Crippen LogP contribution in [0.5, 0.6) is 0 Å². The van der Waals surface area contributed by atoms with Gasteiger partial charge >= 0.3 is 11.9 Å². The lowest BCUT2D eigenvalue weighted by atomic mass is 10.1. The highest BCUT2D eigenvalue weighted by Gasteiger charge is 2.25. The van der Waals surface area contributed by atoms with E-state index in [1.165, 1.54) is 37.5 Å². The Morgan fingerprint density at radius 2 is 1.92 bits per heavy atom. The molecule has 0 saturated heterocycles. The van der Waals surface area contributed by atoms with Crippen molar-refractivity contribution >= 4 is 35.3 Å². The van der Waals surface area contributed by atoms with E-state index in [0.717, 1.165) is 6.08 Å². The second-order valence-corrected chi connectivity index (χ2v) is 5.52. The zero-order chi connectivity index (χ0) is 19.1. The molecule has 7 nitrogen and oxygen atoms in total. The number of ether oxygens (including phenoxy) is 2. The maximum atomic E-state index is 12.0. The Bertz CT molecular complexity index is 864. The van der Waals surface area contributed by atoms with Gasteiger partial charge in [0.1, 0.15) is 0 Å². The molecule has 0 heterocycles. The van der Waals surface area contributed by atoms with Crippen LogP contribution in [0.3, 0.4) is 0 Å². The van der Waals surface area contributed by atoms with E-state index in [1.54, 1.807) is 24.3 Å². The van der Waals surface area contributed by atoms with Gasteiger partial charge in [-0.05, 0) is 23.8 Å². The minimum absolute atomic E-state index is 0.105. The summed E-state index contributed by atoms with van der Waals surface area (Å²) in [5, 5.41) is 11.1. The Balaban J connectivity index is 2.16. The summed E-state index contributed by atoms with van der Waals surface area (Å²) >= 11 is 5.89. The molecular weight excluding hydrogens is 362 g/mol. The topological polar surface area (TPSA) is 95.7 Å². The summed E-state index contributed by atoms with van der Waals surface area (Å²) in [4.78, 5) is 34.2. The highest BCUT2D eigenvalue weighted by molar-refractivity contribution is 6.30. The number of halogens is 1. The van der Waals surface area contributed by atoms with Crippen molar-refractivity contribution in [2.75, 3.05) is 7.11 Å². The molecule has 2 aromatic rings. The van der Waals surface area contributed by atoms with Crippen molar-refractivity contribution in [3.8, 4) is 0 Å². The molecular formula is C18H14ClNO6. The molecule has 0 aliphatic rings. The first-order chi connectivity index (χ1) is 12.4. The fourth-order valence-corrected chi connectivity index (χ4v) is 2.29. The molecule has 2 rings (SSSR count). The second-order valence-electron chi connectivity index (χ2n) is 5.08. The first-order valence-electron chi connectivity index (χ1n) is 7.37. The van der Waals surface area contributed by atoms with E-state index in [1.807, 2.05) is 0 Å². The van der Waals surface area contributed by atoms with E-state index in [0.29, 0.717) is 16.1 Å². The highest BCUT2D eigenvalue weighted by Crippen LogP contribution is 2.23. The number of methoxy groups -OCH3 is 1. The lowest BCUT2D eigenvalue weighted by molar-refractivity contribution is -0.384. The maximum absolute atomic E-state index is 12.0. The third-order valence-electron chi connectivity index (χ3n) is 3.29. The standard InChI is InChI=1S/C18H14ClNO6/c1-25-18(22)17(13-5-3-6-14(19)11-13)26-16(21)9-8-12-4-2-7-15(10-12)20(23)24/h2-11,17H,1H3/b9-8+. The van der Waals surface area contributed by atoms with Crippen molar-refractivity contribution in [3.63, 3.8) is 0 Å². The number of carbonyl (C=O) groups is 2. The molecule has 2 aromatic carbocycles. The van der Waals surface area contributed by atoms with Crippen molar-refractivity contribution in [2.45, 2.75) is 6.10 Å². The number of nitro benzene ring substituents is 1. The second kappa shape index (κ2) is 8.77. The minimum atomic E-state index is -1.28. The lowest BCUT2D eigenvalue weighted by Crippen LogP contribution is -2.20. The normalized spacial score (nSPS) is 11.8. The number of hydrogen-bond acceptors (Lipinski definition) is 6. The molecule has 26 heavy (non-hydrogen) atoms. The molecule has 0 bridgehead atoms. The summed E-state index contributed by atoms with van der Waals surface area (Å²) in [6.45, 7) is 0. The van der Waals surface area contributed by atoms with Crippen LogP contribution in [0.4, 0.5) is 5.69 Å². The van der Waals surface area contributed by atoms with E-state index in [2.05, 4.69) is 4.74 Å². The Morgan fingerprint density at radius 1 is 1.19 bits per heavy atom. The Kier molecular flexibility index (Phi) is 6.46. The van der Waals surface area contributed by atoms with E-state index >= 15 is 0 Å². The fourth-order valence-electron chi connectivity index (χ4n) is 2.09. The lowest BCUT2D eigenvalue weighted by Gasteiger charge is -2.15. The SMILES string of the molecule is COC(=O)C(OC(=O)/C=C/c1cccc([N+](=O)[O-])c1)c1cccc(Cl)c1. The summed E-state index contributed by atoms with van der Waals surface area (Å²) in [6, 6.07) is 12.0. The Morgan fingerprint density at radius 3 is 2.58 bits per heavy atom. The summed E-state index contributed by atoms with van der Waals surface area (Å²) in [6.07, 6.45) is 1.14. The molecule has 0 spiro atoms. The van der Waals surface area contributed by atoms with Gasteiger partial charge in [0.15, 0.2) is 0 Å². The molecule has 0 aliphatic heterocycles. The number of non-ortho nitro benzene ring substituents is 1. The van der Waals surface area contributed by atoms with E-state index < -0.39 is 23.0 Å². The largest absolute Gasteiger partial charge is 0.466 e. The van der Waals surface area contributed by atoms with Crippen LogP contribution in [0.15, 0.2) is 54.6 Å². The third-order valence-corrected chi connectivity index (χ3v) is 3.53. The van der Waals surface area contributed by atoms with E-state index in [9.17, 15) is 19.7 Å². The predicted molar refractivity (Wildman–Crippen MR) is 94.4 cm³/mol. The Labute approximate surface area is 153 Å². The molecule has 0 aliphatic carbocycles. The van der Waals surface area contributed by atoms with Crippen molar-refractivity contribution in [1.82, 2.24) is 0 Å². The molecule has 0 saturated carbocycles. The summed E-state index contributed by atoms with van der Waals surface area (Å²) in [7, 11) is 1.17. The fraction of sp³-hybridized carbons (Fsp3) is 0.111. The number of carbonyl (C=O) groups excluding carboxylic acids is 2. The van der Waals surface area contributed by atoms with Crippen LogP contribution in [0.1, 0.15) is 17.2 Å². The quantitative estimate of drug-likeness (QED) is 0.330. The molecule has 0 fully saturated rings. The molecule has 0 amide bonds. The van der Waals surface area contributed by atoms with Crippen LogP contribution in [-0.4, -0.2) is 24.0 Å². The minimum Gasteiger partial charge on any atom is -0.466 e. The smallest absolute Gasteiger partial charge is 0.351 e. The zero-order valence-electron chi connectivity index (χ0n) is 13.6. The van der Waals surface area contributed by atoms with E-state index in [4.69, 9.17) is 16.3 Å². The van der Waals surface area contributed by atoms with Gasteiger partial charge in [0.25, 0.3) is 5.69 Å². The number of nitrogens with zero attached hydrogens (tertiary/aromatic N) is 1. The van der Waals surface area contributed by atoms with Gasteiger partial charge in [0.05, 0.1) is 12.0 Å². The molecule has 1 atom stereocenters. The van der Waals surface area contributed by atoms with Crippen LogP contribution in [0, 0.1) is 10.1 Å². The molecule has 0 aromatic heterocycles. The Hall–Kier alpha value is -3.19. The molecule has 8 heteroatoms. The van der Waals surface area contributed by atoms with Gasteiger partial charge < -0.3 is 9.47 Å². The monoisotopic (exact) mass is 375 g/mol. The number of nitro groups is 1. The molecule has 0 radical (unpaired) electrons. The first kappa shape index (κ1) is 19.1. The first-order valence-corrected chi connectivity index (χ1v) is 7.75. The van der Waals surface area contributed by atoms with Crippen LogP contribution in [0.2, 0.25) is 5.02 Å². The van der Waals surface area contributed by atoms with Gasteiger partial charge in [-0.1, -0.05) is 35.9 Å². The van der Waals surface area contributed by atoms with Crippen LogP contribution in [-0.2, 0) is 19.1 Å². The molecule has 1 unspecified atom stereocenters. The molecule has 134 valence electrons. The zero-order valence-corrected chi connectivity index (χ0v) is 14.4. The number of hydrogen-bond donors (Lipinski definition) is 0. The van der Waals surface area contributed by atoms with Crippen LogP contribution >= 0.6 is 11.6 Å². The van der Waals surface area contributed by atoms with Crippen LogP contribution < -0.4 is 0 Å². The van der Waals surface area contributed by atoms with Crippen molar-refractivity contribution in [2.24, 2.45) is 0 Å². The van der Waals surface area contributed by atoms with Gasteiger partial charge in [-0.3, -0.25) is 10.1 Å². The summed E-state index contributed by atoms with van der Waals surface area (Å²) < 4.78 is 9.80. The predicted octanol–water partition coefficient (Wildman–Crippen LogP) is 3.72. The number of esters is 2. The van der Waals surface area contributed by atoms with Gasteiger partial charge in [0, 0.05) is 28.8 Å². The average molecular weight is 376 g/mol. The molecule has 0 N–H and O–H groups in total. The van der Waals surface area contributed by atoms with Gasteiger partial charge in [-0.25, -0.2) is 9.59 Å². The van der Waals surface area contributed by atoms with E-state index in [-0.39, 0.29) is 5.69 Å². The summed E-state index contributed by atoms with van der Waals surface area (Å²) in [5.41, 5.74) is 0.696. The third kappa shape index (κ3) is 5.15. The maximum Gasteiger partial charge on any atom is 0.351 e. The van der Waals surface area contributed by atoms with Gasteiger partial charge in [-0.15, -0.1) is 0 Å². The number of benzene rings is 2. The van der Waals surface area contributed by atoms with Gasteiger partial charge in [-0.2, -0.15) is 0 Å². The van der Waals surface area contributed by atoms with Crippen molar-refractivity contribution in [3.05, 3.63) is 80.9 Å². The van der Waals surface area contributed by atoms with Crippen molar-refractivity contribution in [1.29, 1.82) is 0 Å². The highest BCUT2D eigenvalue weighted by atomic mass is 35.5. The number of rotatable bonds is 6. The van der Waals surface area contributed by atoms with Crippen LogP contribution in [0.25, 0.3) is 6.08 Å². The summed E-state index contributed by atoms with van der Waals surface area (Å²) in [5.74, 6) is -1.57. The average Bonchev–Trinajstić information content (AvgIpc) is 2.64. The van der Waals surface area contributed by atoms with Crippen molar-refractivity contribution < 1.29 is 24.0 Å².